The van der Waals surface area contributed by atoms with Crippen LogP contribution >= 0.6 is 39.0 Å². The summed E-state index contributed by atoms with van der Waals surface area (Å²) in [6, 6.07) is 8.55. The predicted octanol–water partition coefficient (Wildman–Crippen LogP) is 5.97. The van der Waals surface area contributed by atoms with Crippen LogP contribution in [0.25, 0.3) is 10.9 Å². The van der Waals surface area contributed by atoms with Gasteiger partial charge in [-0.25, -0.2) is 4.98 Å². The molecule has 2 heterocycles. The Morgan fingerprint density at radius 1 is 1.37 bits per heavy atom. The number of thioether (sulfide) groups is 1. The van der Waals surface area contributed by atoms with E-state index in [1.54, 1.807) is 6.20 Å². The van der Waals surface area contributed by atoms with Gasteiger partial charge in [0.25, 0.3) is 0 Å². The van der Waals surface area contributed by atoms with Crippen LogP contribution in [0.3, 0.4) is 0 Å². The third kappa shape index (κ3) is 4.50. The summed E-state index contributed by atoms with van der Waals surface area (Å²) in [7, 11) is 0. The number of aliphatic carboxylic acids is 1. The number of nitrogens with one attached hydrogen (secondary N) is 1. The molecule has 0 saturated heterocycles. The van der Waals surface area contributed by atoms with Crippen LogP contribution in [0.1, 0.15) is 25.7 Å². The molecular weight excluding hydrogens is 446 g/mol. The van der Waals surface area contributed by atoms with Crippen molar-refractivity contribution in [1.82, 2.24) is 9.55 Å². The van der Waals surface area contributed by atoms with Crippen LogP contribution in [0.15, 0.2) is 39.1 Å². The average molecular weight is 466 g/mol. The monoisotopic (exact) mass is 465 g/mol. The Hall–Kier alpha value is -1.51. The minimum atomic E-state index is -0.815. The summed E-state index contributed by atoms with van der Waals surface area (Å²) in [4.78, 5) is 15.2. The Labute approximate surface area is 174 Å². The third-order valence-electron chi connectivity index (χ3n) is 4.84. The molecule has 142 valence electrons. The van der Waals surface area contributed by atoms with Crippen molar-refractivity contribution in [3.05, 3.63) is 34.9 Å². The number of carboxylic acids is 1. The van der Waals surface area contributed by atoms with E-state index in [1.807, 2.05) is 0 Å². The Balaban J connectivity index is 1.60. The Kier molecular flexibility index (Phi) is 5.75. The average Bonchev–Trinajstić information content (AvgIpc) is 3.35. The van der Waals surface area contributed by atoms with Gasteiger partial charge in [-0.05, 0) is 43.0 Å². The van der Waals surface area contributed by atoms with Gasteiger partial charge in [0.05, 0.1) is 16.2 Å². The van der Waals surface area contributed by atoms with E-state index in [0.717, 1.165) is 32.1 Å². The van der Waals surface area contributed by atoms with Crippen LogP contribution in [0.2, 0.25) is 0 Å². The molecule has 2 aromatic heterocycles. The first-order valence-corrected chi connectivity index (χ1v) is 11.5. The van der Waals surface area contributed by atoms with Crippen molar-refractivity contribution in [2.75, 3.05) is 11.1 Å². The number of rotatable bonds is 7. The smallest absolute Gasteiger partial charge is 0.313 e. The fraction of sp³-hybridized carbons (Fsp3) is 0.368. The van der Waals surface area contributed by atoms with E-state index in [0.29, 0.717) is 0 Å². The van der Waals surface area contributed by atoms with Crippen molar-refractivity contribution >= 4 is 66.9 Å². The van der Waals surface area contributed by atoms with E-state index in [4.69, 9.17) is 5.11 Å². The molecule has 1 aliphatic carbocycles. The number of aromatic nitrogens is 2. The van der Waals surface area contributed by atoms with Gasteiger partial charge in [-0.1, -0.05) is 40.1 Å². The zero-order chi connectivity index (χ0) is 18.8. The van der Waals surface area contributed by atoms with E-state index in [9.17, 15) is 4.79 Å². The molecule has 1 aromatic carbocycles. The third-order valence-corrected chi connectivity index (χ3v) is 7.42. The Morgan fingerprint density at radius 2 is 2.19 bits per heavy atom. The highest BCUT2D eigenvalue weighted by atomic mass is 79.9. The maximum atomic E-state index is 10.7. The highest BCUT2D eigenvalue weighted by Crippen LogP contribution is 2.35. The van der Waals surface area contributed by atoms with Gasteiger partial charge in [0.1, 0.15) is 5.82 Å². The number of nitrogens with zero attached hydrogens (tertiary/aromatic N) is 2. The van der Waals surface area contributed by atoms with Crippen LogP contribution in [-0.4, -0.2) is 26.4 Å². The summed E-state index contributed by atoms with van der Waals surface area (Å²) in [5.74, 6) is 1.00. The second-order valence-electron chi connectivity index (χ2n) is 6.79. The highest BCUT2D eigenvalue weighted by Gasteiger charge is 2.19. The van der Waals surface area contributed by atoms with E-state index in [-0.39, 0.29) is 5.75 Å². The molecule has 8 heteroatoms. The molecule has 0 unspecified atom stereocenters. The largest absolute Gasteiger partial charge is 0.481 e. The molecule has 1 aliphatic rings. The van der Waals surface area contributed by atoms with Crippen molar-refractivity contribution in [3.63, 3.8) is 0 Å². The lowest BCUT2D eigenvalue weighted by molar-refractivity contribution is -0.133. The van der Waals surface area contributed by atoms with Gasteiger partial charge in [-0.3, -0.25) is 4.79 Å². The number of thiazole rings is 1. The quantitative estimate of drug-likeness (QED) is 0.420. The van der Waals surface area contributed by atoms with E-state index in [1.165, 1.54) is 59.7 Å². The van der Waals surface area contributed by atoms with Gasteiger partial charge in [0, 0.05) is 21.9 Å². The molecule has 0 amide bonds. The van der Waals surface area contributed by atoms with Gasteiger partial charge in [0.2, 0.25) is 0 Å². The van der Waals surface area contributed by atoms with Crippen LogP contribution in [0.5, 0.6) is 0 Å². The van der Waals surface area contributed by atoms with Crippen molar-refractivity contribution in [2.45, 2.75) is 36.4 Å². The molecule has 0 aliphatic heterocycles. The SMILES string of the molecule is O=C(O)CSc1cnc(Nc2cc3cc(Br)ccc3n2CC2CCCC2)s1. The normalized spacial score (nSPS) is 14.9. The molecule has 0 bridgehead atoms. The molecule has 1 saturated carbocycles. The van der Waals surface area contributed by atoms with E-state index in [2.05, 4.69) is 55.1 Å². The number of hydrogen-bond donors (Lipinski definition) is 2. The number of carbonyl (C=O) groups is 1. The molecule has 0 radical (unpaired) electrons. The maximum Gasteiger partial charge on any atom is 0.313 e. The lowest BCUT2D eigenvalue weighted by atomic mass is 10.1. The van der Waals surface area contributed by atoms with Gasteiger partial charge in [-0.2, -0.15) is 0 Å². The van der Waals surface area contributed by atoms with Crippen LogP contribution in [-0.2, 0) is 11.3 Å². The second kappa shape index (κ2) is 8.24. The number of hydrogen-bond acceptors (Lipinski definition) is 5. The zero-order valence-electron chi connectivity index (χ0n) is 14.7. The number of carboxylic acid groups (broad SMARTS) is 1. The maximum absolute atomic E-state index is 10.7. The Morgan fingerprint density at radius 3 is 2.96 bits per heavy atom. The van der Waals surface area contributed by atoms with Crippen LogP contribution < -0.4 is 5.32 Å². The molecule has 27 heavy (non-hydrogen) atoms. The number of anilines is 2. The molecule has 1 fully saturated rings. The molecule has 0 atom stereocenters. The first-order chi connectivity index (χ1) is 13.1. The Bertz CT molecular complexity index is 963. The summed E-state index contributed by atoms with van der Waals surface area (Å²) in [6.07, 6.45) is 6.98. The summed E-state index contributed by atoms with van der Waals surface area (Å²) < 4.78 is 4.34. The predicted molar refractivity (Wildman–Crippen MR) is 115 cm³/mol. The van der Waals surface area contributed by atoms with Gasteiger partial charge < -0.3 is 15.0 Å². The van der Waals surface area contributed by atoms with Crippen molar-refractivity contribution in [3.8, 4) is 0 Å². The first-order valence-electron chi connectivity index (χ1n) is 8.95. The molecule has 4 rings (SSSR count). The fourth-order valence-corrected chi connectivity index (χ4v) is 5.60. The standard InChI is InChI=1S/C19H20BrN3O2S2/c20-14-5-6-15-13(7-14)8-16(23(15)10-12-3-1-2-4-12)22-19-21-9-18(27-19)26-11-17(24)25/h5-9,12H,1-4,10-11H2,(H,21,22)(H,24,25). The van der Waals surface area contributed by atoms with Gasteiger partial charge >= 0.3 is 5.97 Å². The number of halogens is 1. The summed E-state index contributed by atoms with van der Waals surface area (Å²) in [5, 5.41) is 14.3. The molecule has 5 nitrogen and oxygen atoms in total. The summed E-state index contributed by atoms with van der Waals surface area (Å²) in [6.45, 7) is 1.01. The lowest BCUT2D eigenvalue weighted by Crippen LogP contribution is -2.09. The van der Waals surface area contributed by atoms with Crippen molar-refractivity contribution in [2.24, 2.45) is 5.92 Å². The zero-order valence-corrected chi connectivity index (χ0v) is 17.9. The van der Waals surface area contributed by atoms with E-state index >= 15 is 0 Å². The van der Waals surface area contributed by atoms with E-state index < -0.39 is 5.97 Å². The molecule has 0 spiro atoms. The minimum Gasteiger partial charge on any atom is -0.481 e. The van der Waals surface area contributed by atoms with Crippen molar-refractivity contribution in [1.29, 1.82) is 0 Å². The molecule has 3 aromatic rings. The molecular formula is C19H20BrN3O2S2. The summed E-state index contributed by atoms with van der Waals surface area (Å²) >= 11 is 6.35. The topological polar surface area (TPSA) is 67.2 Å². The highest BCUT2D eigenvalue weighted by molar-refractivity contribution is 9.10. The van der Waals surface area contributed by atoms with Gasteiger partial charge in [-0.15, -0.1) is 11.8 Å². The van der Waals surface area contributed by atoms with Crippen LogP contribution in [0, 0.1) is 5.92 Å². The lowest BCUT2D eigenvalue weighted by Gasteiger charge is -2.15. The van der Waals surface area contributed by atoms with Crippen LogP contribution in [0.4, 0.5) is 10.9 Å². The number of fused-ring (bicyclic) bond motifs is 1. The number of benzene rings is 1. The summed E-state index contributed by atoms with van der Waals surface area (Å²) in [5.41, 5.74) is 1.23. The first kappa shape index (κ1) is 18.8. The fourth-order valence-electron chi connectivity index (χ4n) is 3.62. The second-order valence-corrected chi connectivity index (χ2v) is 10.0. The molecule has 2 N–H and O–H groups in total. The van der Waals surface area contributed by atoms with Crippen molar-refractivity contribution < 1.29 is 9.90 Å². The van der Waals surface area contributed by atoms with Gasteiger partial charge in [0.15, 0.2) is 5.13 Å². The minimum absolute atomic E-state index is 0.0532.